The summed E-state index contributed by atoms with van der Waals surface area (Å²) in [5.74, 6) is -0.515. The lowest BCUT2D eigenvalue weighted by Gasteiger charge is -2.01. The summed E-state index contributed by atoms with van der Waals surface area (Å²) in [6, 6.07) is 14.4. The summed E-state index contributed by atoms with van der Waals surface area (Å²) in [5.41, 5.74) is 2.94. The number of oxazole rings is 1. The summed E-state index contributed by atoms with van der Waals surface area (Å²) in [6.45, 7) is 3.52. The Morgan fingerprint density at radius 3 is 2.45 bits per heavy atom. The standard InChI is InChI=1S/C16H11NO3/c1-10(16(18)19)11-6-8-12(9-7-11)15-17-13-4-2-3-5-14(13)20-15/h2-9H,1H2,(H,18,19). The van der Waals surface area contributed by atoms with Gasteiger partial charge in [-0.05, 0) is 29.8 Å². The van der Waals surface area contributed by atoms with Crippen molar-refractivity contribution in [3.05, 3.63) is 60.7 Å². The van der Waals surface area contributed by atoms with Crippen molar-refractivity contribution >= 4 is 22.6 Å². The highest BCUT2D eigenvalue weighted by atomic mass is 16.4. The monoisotopic (exact) mass is 265 g/mol. The van der Waals surface area contributed by atoms with E-state index in [0.29, 0.717) is 11.5 Å². The van der Waals surface area contributed by atoms with Gasteiger partial charge in [0, 0.05) is 5.56 Å². The van der Waals surface area contributed by atoms with Crippen molar-refractivity contribution < 1.29 is 14.3 Å². The van der Waals surface area contributed by atoms with Gasteiger partial charge in [-0.2, -0.15) is 0 Å². The zero-order valence-corrected chi connectivity index (χ0v) is 10.5. The lowest BCUT2D eigenvalue weighted by Crippen LogP contribution is -1.97. The highest BCUT2D eigenvalue weighted by molar-refractivity contribution is 6.14. The molecule has 2 aromatic carbocycles. The maximum atomic E-state index is 10.8. The number of nitrogens with zero attached hydrogens (tertiary/aromatic N) is 1. The molecule has 98 valence electrons. The van der Waals surface area contributed by atoms with Crippen LogP contribution in [0.3, 0.4) is 0 Å². The first-order valence-corrected chi connectivity index (χ1v) is 6.04. The molecule has 0 unspecified atom stereocenters. The van der Waals surface area contributed by atoms with Gasteiger partial charge in [-0.15, -0.1) is 0 Å². The molecule has 0 fully saturated rings. The van der Waals surface area contributed by atoms with Crippen LogP contribution in [0.25, 0.3) is 28.1 Å². The molecule has 1 aromatic heterocycles. The predicted molar refractivity (Wildman–Crippen MR) is 76.1 cm³/mol. The molecule has 20 heavy (non-hydrogen) atoms. The van der Waals surface area contributed by atoms with E-state index in [1.54, 1.807) is 24.3 Å². The maximum Gasteiger partial charge on any atom is 0.335 e. The number of hydrogen-bond acceptors (Lipinski definition) is 3. The number of carbonyl (C=O) groups is 1. The topological polar surface area (TPSA) is 63.3 Å². The smallest absolute Gasteiger partial charge is 0.335 e. The molecule has 0 aliphatic carbocycles. The summed E-state index contributed by atoms with van der Waals surface area (Å²) in [5, 5.41) is 8.89. The number of aromatic nitrogens is 1. The number of hydrogen-bond donors (Lipinski definition) is 1. The average Bonchev–Trinajstić information content (AvgIpc) is 2.90. The molecule has 0 spiro atoms. The van der Waals surface area contributed by atoms with Gasteiger partial charge in [-0.1, -0.05) is 30.8 Å². The molecule has 4 heteroatoms. The fourth-order valence-electron chi connectivity index (χ4n) is 1.93. The van der Waals surface area contributed by atoms with E-state index in [0.717, 1.165) is 16.7 Å². The van der Waals surface area contributed by atoms with Crippen LogP contribution in [0, 0.1) is 0 Å². The van der Waals surface area contributed by atoms with Gasteiger partial charge in [0.1, 0.15) is 5.52 Å². The van der Waals surface area contributed by atoms with Crippen LogP contribution < -0.4 is 0 Å². The average molecular weight is 265 g/mol. The lowest BCUT2D eigenvalue weighted by atomic mass is 10.1. The molecule has 0 aliphatic rings. The second-order valence-electron chi connectivity index (χ2n) is 4.35. The van der Waals surface area contributed by atoms with Gasteiger partial charge in [-0.25, -0.2) is 9.78 Å². The Balaban J connectivity index is 1.98. The van der Waals surface area contributed by atoms with Crippen LogP contribution in [-0.4, -0.2) is 16.1 Å². The maximum absolute atomic E-state index is 10.8. The highest BCUT2D eigenvalue weighted by Crippen LogP contribution is 2.25. The molecule has 0 atom stereocenters. The molecule has 0 radical (unpaired) electrons. The van der Waals surface area contributed by atoms with Crippen LogP contribution >= 0.6 is 0 Å². The molecular weight excluding hydrogens is 254 g/mol. The molecule has 4 nitrogen and oxygen atoms in total. The Hall–Kier alpha value is -2.88. The first-order valence-electron chi connectivity index (χ1n) is 6.04. The van der Waals surface area contributed by atoms with E-state index in [9.17, 15) is 4.79 Å². The first-order chi connectivity index (χ1) is 9.65. The number of fused-ring (bicyclic) bond motifs is 1. The van der Waals surface area contributed by atoms with Crippen molar-refractivity contribution in [1.29, 1.82) is 0 Å². The fraction of sp³-hybridized carbons (Fsp3) is 0. The minimum atomic E-state index is -1.03. The van der Waals surface area contributed by atoms with E-state index in [-0.39, 0.29) is 5.57 Å². The molecular formula is C16H11NO3. The number of rotatable bonds is 3. The summed E-state index contributed by atoms with van der Waals surface area (Å²) >= 11 is 0. The normalized spacial score (nSPS) is 10.6. The minimum Gasteiger partial charge on any atom is -0.478 e. The van der Waals surface area contributed by atoms with Gasteiger partial charge in [-0.3, -0.25) is 0 Å². The zero-order chi connectivity index (χ0) is 14.1. The second-order valence-corrected chi connectivity index (χ2v) is 4.35. The summed E-state index contributed by atoms with van der Waals surface area (Å²) in [7, 11) is 0. The Morgan fingerprint density at radius 1 is 1.10 bits per heavy atom. The second kappa shape index (κ2) is 4.66. The summed E-state index contributed by atoms with van der Waals surface area (Å²) < 4.78 is 5.65. The summed E-state index contributed by atoms with van der Waals surface area (Å²) in [6.07, 6.45) is 0. The van der Waals surface area contributed by atoms with Crippen LogP contribution in [-0.2, 0) is 4.79 Å². The van der Waals surface area contributed by atoms with Gasteiger partial charge in [0.2, 0.25) is 5.89 Å². The minimum absolute atomic E-state index is 0.0640. The molecule has 0 aliphatic heterocycles. The number of carboxylic acid groups (broad SMARTS) is 1. The Bertz CT molecular complexity index is 767. The van der Waals surface area contributed by atoms with Gasteiger partial charge in [0.15, 0.2) is 5.58 Å². The van der Waals surface area contributed by atoms with Crippen molar-refractivity contribution in [1.82, 2.24) is 4.98 Å². The van der Waals surface area contributed by atoms with Crippen molar-refractivity contribution in [3.8, 4) is 11.5 Å². The van der Waals surface area contributed by atoms with Crippen molar-refractivity contribution in [3.63, 3.8) is 0 Å². The van der Waals surface area contributed by atoms with Gasteiger partial charge in [0.05, 0.1) is 5.57 Å². The Kier molecular flexibility index (Phi) is 2.84. The zero-order valence-electron chi connectivity index (χ0n) is 10.5. The van der Waals surface area contributed by atoms with Crippen LogP contribution in [0.4, 0.5) is 0 Å². The molecule has 0 saturated heterocycles. The quantitative estimate of drug-likeness (QED) is 0.735. The highest BCUT2D eigenvalue weighted by Gasteiger charge is 2.10. The predicted octanol–water partition coefficient (Wildman–Crippen LogP) is 3.59. The van der Waals surface area contributed by atoms with Crippen LogP contribution in [0.2, 0.25) is 0 Å². The van der Waals surface area contributed by atoms with E-state index < -0.39 is 5.97 Å². The number of para-hydroxylation sites is 2. The van der Waals surface area contributed by atoms with Gasteiger partial charge >= 0.3 is 5.97 Å². The third-order valence-corrected chi connectivity index (χ3v) is 3.03. The number of benzene rings is 2. The molecule has 0 amide bonds. The Labute approximate surface area is 115 Å². The van der Waals surface area contributed by atoms with Crippen LogP contribution in [0.15, 0.2) is 59.5 Å². The third-order valence-electron chi connectivity index (χ3n) is 3.03. The van der Waals surface area contributed by atoms with E-state index in [4.69, 9.17) is 9.52 Å². The largest absolute Gasteiger partial charge is 0.478 e. The van der Waals surface area contributed by atoms with Gasteiger partial charge < -0.3 is 9.52 Å². The molecule has 1 heterocycles. The van der Waals surface area contributed by atoms with Gasteiger partial charge in [0.25, 0.3) is 0 Å². The van der Waals surface area contributed by atoms with E-state index in [1.807, 2.05) is 24.3 Å². The number of aliphatic carboxylic acids is 1. The number of carboxylic acids is 1. The van der Waals surface area contributed by atoms with Crippen molar-refractivity contribution in [2.75, 3.05) is 0 Å². The molecule has 0 bridgehead atoms. The molecule has 3 aromatic rings. The molecule has 0 saturated carbocycles. The Morgan fingerprint density at radius 2 is 1.80 bits per heavy atom. The molecule has 1 N–H and O–H groups in total. The lowest BCUT2D eigenvalue weighted by molar-refractivity contribution is -0.130. The first kappa shape index (κ1) is 12.2. The third kappa shape index (κ3) is 2.07. The SMILES string of the molecule is C=C(C(=O)O)c1ccc(-c2nc3ccccc3o2)cc1. The van der Waals surface area contributed by atoms with Crippen molar-refractivity contribution in [2.45, 2.75) is 0 Å². The van der Waals surface area contributed by atoms with E-state index in [1.165, 1.54) is 0 Å². The van der Waals surface area contributed by atoms with Crippen LogP contribution in [0.5, 0.6) is 0 Å². The van der Waals surface area contributed by atoms with Crippen LogP contribution in [0.1, 0.15) is 5.56 Å². The summed E-state index contributed by atoms with van der Waals surface area (Å²) in [4.78, 5) is 15.2. The van der Waals surface area contributed by atoms with E-state index in [2.05, 4.69) is 11.6 Å². The molecule has 3 rings (SSSR count). The fourth-order valence-corrected chi connectivity index (χ4v) is 1.93. The van der Waals surface area contributed by atoms with E-state index >= 15 is 0 Å². The van der Waals surface area contributed by atoms with Crippen molar-refractivity contribution in [2.24, 2.45) is 0 Å².